The molecule has 1 heterocycles. The van der Waals surface area contributed by atoms with Crippen LogP contribution in [0.3, 0.4) is 0 Å². The molecule has 0 saturated heterocycles. The number of hydrogen-bond donors (Lipinski definition) is 2. The molecule has 1 atom stereocenters. The number of benzene rings is 2. The van der Waals surface area contributed by atoms with Gasteiger partial charge in [-0.1, -0.05) is 40.2 Å². The number of carbonyl (C=O) groups excluding carboxylic acids is 2. The van der Waals surface area contributed by atoms with Crippen LogP contribution in [-0.2, 0) is 4.79 Å². The Morgan fingerprint density at radius 1 is 1.12 bits per heavy atom. The number of fused-ring (bicyclic) bond motifs is 1. The number of furan rings is 1. The standard InChI is InChI=1S/C20H19BrN2O3/c1-12(14-7-9-15(21)10-8-14)22-11-18(25)23-19-16-5-3-4-6-17(16)26-20(19)13(2)24/h3-10,12,22H,11H2,1-2H3,(H,23,25)/t12-/m0/s1. The maximum atomic E-state index is 12.4. The molecule has 0 radical (unpaired) electrons. The second-order valence-corrected chi connectivity index (χ2v) is 6.98. The summed E-state index contributed by atoms with van der Waals surface area (Å²) >= 11 is 3.41. The number of para-hydroxylation sites is 1. The van der Waals surface area contributed by atoms with E-state index in [1.165, 1.54) is 6.92 Å². The highest BCUT2D eigenvalue weighted by molar-refractivity contribution is 9.10. The van der Waals surface area contributed by atoms with Crippen molar-refractivity contribution in [1.29, 1.82) is 0 Å². The molecular formula is C20H19BrN2O3. The topological polar surface area (TPSA) is 71.3 Å². The molecule has 1 amide bonds. The monoisotopic (exact) mass is 414 g/mol. The van der Waals surface area contributed by atoms with Gasteiger partial charge in [0.15, 0.2) is 11.5 Å². The number of amides is 1. The van der Waals surface area contributed by atoms with Gasteiger partial charge in [-0.2, -0.15) is 0 Å². The molecule has 0 aliphatic rings. The van der Waals surface area contributed by atoms with E-state index in [0.717, 1.165) is 10.0 Å². The summed E-state index contributed by atoms with van der Waals surface area (Å²) in [5.41, 5.74) is 2.08. The molecule has 0 unspecified atom stereocenters. The molecule has 3 rings (SSSR count). The number of carbonyl (C=O) groups is 2. The Kier molecular flexibility index (Phi) is 5.54. The molecule has 0 aliphatic heterocycles. The Bertz CT molecular complexity index is 947. The lowest BCUT2D eigenvalue weighted by Gasteiger charge is -2.14. The average Bonchev–Trinajstić information content (AvgIpc) is 2.99. The van der Waals surface area contributed by atoms with Gasteiger partial charge in [-0.15, -0.1) is 0 Å². The van der Waals surface area contributed by atoms with Crippen molar-refractivity contribution in [3.05, 3.63) is 64.3 Å². The van der Waals surface area contributed by atoms with E-state index in [2.05, 4.69) is 26.6 Å². The average molecular weight is 415 g/mol. The molecule has 3 aromatic rings. The van der Waals surface area contributed by atoms with Crippen LogP contribution in [0, 0.1) is 0 Å². The van der Waals surface area contributed by atoms with Gasteiger partial charge in [0.25, 0.3) is 0 Å². The zero-order chi connectivity index (χ0) is 18.7. The van der Waals surface area contributed by atoms with Crippen LogP contribution in [0.15, 0.2) is 57.4 Å². The van der Waals surface area contributed by atoms with Crippen molar-refractivity contribution in [2.24, 2.45) is 0 Å². The minimum absolute atomic E-state index is 0.0159. The fourth-order valence-electron chi connectivity index (χ4n) is 2.72. The van der Waals surface area contributed by atoms with Crippen molar-refractivity contribution in [2.75, 3.05) is 11.9 Å². The molecule has 0 bridgehead atoms. The van der Waals surface area contributed by atoms with Crippen LogP contribution in [0.25, 0.3) is 11.0 Å². The normalized spacial score (nSPS) is 12.1. The fraction of sp³-hybridized carbons (Fsp3) is 0.200. The predicted octanol–water partition coefficient (Wildman–Crippen LogP) is 4.69. The summed E-state index contributed by atoms with van der Waals surface area (Å²) in [6.07, 6.45) is 0. The Morgan fingerprint density at radius 3 is 2.50 bits per heavy atom. The van der Waals surface area contributed by atoms with Gasteiger partial charge in [-0.25, -0.2) is 0 Å². The molecule has 134 valence electrons. The predicted molar refractivity (Wildman–Crippen MR) is 105 cm³/mol. The lowest BCUT2D eigenvalue weighted by atomic mass is 10.1. The van der Waals surface area contributed by atoms with Crippen LogP contribution in [-0.4, -0.2) is 18.2 Å². The van der Waals surface area contributed by atoms with Crippen molar-refractivity contribution < 1.29 is 14.0 Å². The SMILES string of the molecule is CC(=O)c1oc2ccccc2c1NC(=O)CN[C@@H](C)c1ccc(Br)cc1. The summed E-state index contributed by atoms with van der Waals surface area (Å²) in [5.74, 6) is -0.295. The van der Waals surface area contributed by atoms with Gasteiger partial charge in [-0.05, 0) is 36.8 Å². The van der Waals surface area contributed by atoms with Gasteiger partial charge in [0.1, 0.15) is 5.58 Å². The van der Waals surface area contributed by atoms with Crippen molar-refractivity contribution in [1.82, 2.24) is 5.32 Å². The Hall–Kier alpha value is -2.44. The van der Waals surface area contributed by atoms with E-state index in [1.807, 2.05) is 49.4 Å². The molecule has 0 aliphatic carbocycles. The number of ketones is 1. The highest BCUT2D eigenvalue weighted by atomic mass is 79.9. The molecular weight excluding hydrogens is 396 g/mol. The van der Waals surface area contributed by atoms with Crippen molar-refractivity contribution in [3.8, 4) is 0 Å². The summed E-state index contributed by atoms with van der Waals surface area (Å²) in [5, 5.41) is 6.71. The molecule has 26 heavy (non-hydrogen) atoms. The third-order valence-corrected chi connectivity index (χ3v) is 4.65. The number of Topliss-reactive ketones (excluding diaryl/α,β-unsaturated/α-hetero) is 1. The number of anilines is 1. The van der Waals surface area contributed by atoms with Crippen LogP contribution in [0.5, 0.6) is 0 Å². The first-order valence-electron chi connectivity index (χ1n) is 8.27. The zero-order valence-corrected chi connectivity index (χ0v) is 16.1. The van der Waals surface area contributed by atoms with Gasteiger partial charge in [-0.3, -0.25) is 9.59 Å². The minimum Gasteiger partial charge on any atom is -0.451 e. The van der Waals surface area contributed by atoms with Crippen molar-refractivity contribution in [3.63, 3.8) is 0 Å². The molecule has 0 fully saturated rings. The summed E-state index contributed by atoms with van der Waals surface area (Å²) in [6.45, 7) is 3.53. The maximum Gasteiger partial charge on any atom is 0.238 e. The first-order valence-corrected chi connectivity index (χ1v) is 9.06. The Morgan fingerprint density at radius 2 is 1.81 bits per heavy atom. The lowest BCUT2D eigenvalue weighted by Crippen LogP contribution is -2.30. The minimum atomic E-state index is -0.233. The van der Waals surface area contributed by atoms with E-state index in [4.69, 9.17) is 4.42 Å². The molecule has 5 nitrogen and oxygen atoms in total. The number of hydrogen-bond acceptors (Lipinski definition) is 4. The van der Waals surface area contributed by atoms with Gasteiger partial charge in [0.05, 0.1) is 12.2 Å². The number of nitrogens with one attached hydrogen (secondary N) is 2. The van der Waals surface area contributed by atoms with E-state index in [0.29, 0.717) is 16.7 Å². The van der Waals surface area contributed by atoms with Crippen molar-refractivity contribution >= 4 is 44.3 Å². The van der Waals surface area contributed by atoms with Crippen LogP contribution in [0.4, 0.5) is 5.69 Å². The molecule has 0 saturated carbocycles. The number of halogens is 1. The van der Waals surface area contributed by atoms with Gasteiger partial charge in [0, 0.05) is 22.8 Å². The third-order valence-electron chi connectivity index (χ3n) is 4.12. The molecule has 2 N–H and O–H groups in total. The summed E-state index contributed by atoms with van der Waals surface area (Å²) < 4.78 is 6.59. The summed E-state index contributed by atoms with van der Waals surface area (Å²) in [4.78, 5) is 24.2. The van der Waals surface area contributed by atoms with E-state index < -0.39 is 0 Å². The summed E-state index contributed by atoms with van der Waals surface area (Å²) in [7, 11) is 0. The third kappa shape index (κ3) is 4.03. The van der Waals surface area contributed by atoms with E-state index in [1.54, 1.807) is 6.07 Å². The molecule has 1 aromatic heterocycles. The van der Waals surface area contributed by atoms with E-state index in [-0.39, 0.29) is 30.0 Å². The van der Waals surface area contributed by atoms with E-state index >= 15 is 0 Å². The highest BCUT2D eigenvalue weighted by Crippen LogP contribution is 2.31. The zero-order valence-electron chi connectivity index (χ0n) is 14.5. The van der Waals surface area contributed by atoms with Gasteiger partial charge in [0.2, 0.25) is 5.91 Å². The largest absolute Gasteiger partial charge is 0.451 e. The Labute approximate surface area is 159 Å². The first-order chi connectivity index (χ1) is 12.5. The first kappa shape index (κ1) is 18.4. The van der Waals surface area contributed by atoms with Crippen LogP contribution < -0.4 is 10.6 Å². The number of rotatable bonds is 6. The molecule has 2 aromatic carbocycles. The fourth-order valence-corrected chi connectivity index (χ4v) is 2.98. The van der Waals surface area contributed by atoms with Crippen LogP contribution in [0.2, 0.25) is 0 Å². The quantitative estimate of drug-likeness (QED) is 0.574. The van der Waals surface area contributed by atoms with Crippen LogP contribution >= 0.6 is 15.9 Å². The second-order valence-electron chi connectivity index (χ2n) is 6.06. The van der Waals surface area contributed by atoms with Gasteiger partial charge >= 0.3 is 0 Å². The highest BCUT2D eigenvalue weighted by Gasteiger charge is 2.19. The van der Waals surface area contributed by atoms with Crippen molar-refractivity contribution in [2.45, 2.75) is 19.9 Å². The Balaban J connectivity index is 1.70. The van der Waals surface area contributed by atoms with E-state index in [9.17, 15) is 9.59 Å². The lowest BCUT2D eigenvalue weighted by molar-refractivity contribution is -0.115. The molecule has 0 spiro atoms. The summed E-state index contributed by atoms with van der Waals surface area (Å²) in [6, 6.07) is 15.2. The maximum absolute atomic E-state index is 12.4. The van der Waals surface area contributed by atoms with Crippen LogP contribution in [0.1, 0.15) is 36.0 Å². The van der Waals surface area contributed by atoms with Gasteiger partial charge < -0.3 is 15.1 Å². The second kappa shape index (κ2) is 7.85. The molecule has 6 heteroatoms. The smallest absolute Gasteiger partial charge is 0.238 e.